The number of imide groups is 1. The van der Waals surface area contributed by atoms with Crippen molar-refractivity contribution >= 4 is 40.9 Å². The number of carbonyl (C=O) groups is 5. The third kappa shape index (κ3) is 15.0. The molecular formula is C55H68N10O9. The van der Waals surface area contributed by atoms with E-state index in [9.17, 15) is 24.0 Å². The number of nitrogens with zero attached hydrogens (tertiary/aromatic N) is 4. The monoisotopic (exact) mass is 1010 g/mol. The number of fused-ring (bicyclic) bond motifs is 1. The number of piperidine rings is 2. The average Bonchev–Trinajstić information content (AvgIpc) is 4.06. The van der Waals surface area contributed by atoms with Crippen LogP contribution in [0.4, 0.5) is 11.4 Å². The number of pyridine rings is 1. The second kappa shape index (κ2) is 27.3. The van der Waals surface area contributed by atoms with E-state index in [-0.39, 0.29) is 43.0 Å². The van der Waals surface area contributed by atoms with Gasteiger partial charge in [0.25, 0.3) is 11.8 Å². The molecule has 0 bridgehead atoms. The Morgan fingerprint density at radius 2 is 1.49 bits per heavy atom. The smallest absolute Gasteiger partial charge is 0.255 e. The zero-order chi connectivity index (χ0) is 51.4. The Kier molecular flexibility index (Phi) is 19.6. The zero-order valence-corrected chi connectivity index (χ0v) is 42.0. The van der Waals surface area contributed by atoms with Gasteiger partial charge in [0, 0.05) is 85.2 Å². The highest BCUT2D eigenvalue weighted by Gasteiger charge is 2.40. The number of aromatic amines is 1. The maximum Gasteiger partial charge on any atom is 0.255 e. The molecule has 5 aromatic rings. The summed E-state index contributed by atoms with van der Waals surface area (Å²) in [5, 5.41) is 23.2. The minimum absolute atomic E-state index is 0.135. The maximum atomic E-state index is 13.4. The summed E-state index contributed by atoms with van der Waals surface area (Å²) < 4.78 is 23.1. The van der Waals surface area contributed by atoms with Crippen molar-refractivity contribution in [3.8, 4) is 17.1 Å². The van der Waals surface area contributed by atoms with Gasteiger partial charge in [0.1, 0.15) is 11.8 Å². The third-order valence-corrected chi connectivity index (χ3v) is 13.4. The van der Waals surface area contributed by atoms with E-state index in [0.29, 0.717) is 93.8 Å². The van der Waals surface area contributed by atoms with Gasteiger partial charge in [-0.15, -0.1) is 0 Å². The van der Waals surface area contributed by atoms with Crippen molar-refractivity contribution in [1.82, 2.24) is 41.0 Å². The average molecular weight is 1010 g/mol. The number of anilines is 2. The quantitative estimate of drug-likeness (QED) is 0.0223. The molecular weight excluding hydrogens is 945 g/mol. The first kappa shape index (κ1) is 53.2. The van der Waals surface area contributed by atoms with Gasteiger partial charge in [-0.05, 0) is 125 Å². The first-order chi connectivity index (χ1) is 36.2. The minimum atomic E-state index is -0.706. The van der Waals surface area contributed by atoms with Crippen LogP contribution in [0.5, 0.6) is 5.75 Å². The fourth-order valence-electron chi connectivity index (χ4n) is 9.40. The molecule has 1 atom stereocenters. The van der Waals surface area contributed by atoms with Gasteiger partial charge in [-0.3, -0.25) is 39.4 Å². The molecule has 3 aliphatic heterocycles. The number of aromatic nitrogens is 4. The Bertz CT molecular complexity index is 2660. The Morgan fingerprint density at radius 3 is 2.26 bits per heavy atom. The number of benzene rings is 3. The van der Waals surface area contributed by atoms with Gasteiger partial charge in [-0.1, -0.05) is 37.1 Å². The molecule has 3 aliphatic rings. The van der Waals surface area contributed by atoms with E-state index in [1.54, 1.807) is 30.6 Å². The van der Waals surface area contributed by atoms with Gasteiger partial charge < -0.3 is 45.1 Å². The topological polar surface area (TPSA) is 240 Å². The highest BCUT2D eigenvalue weighted by molar-refractivity contribution is 6.06. The van der Waals surface area contributed by atoms with Crippen LogP contribution < -0.4 is 31.3 Å². The lowest BCUT2D eigenvalue weighted by molar-refractivity contribution is -0.137. The number of hydrogen-bond acceptors (Lipinski definition) is 14. The molecule has 6 N–H and O–H groups in total. The molecule has 0 saturated carbocycles. The molecule has 3 aromatic carbocycles. The van der Waals surface area contributed by atoms with E-state index in [1.807, 2.05) is 60.7 Å². The molecule has 2 fully saturated rings. The van der Waals surface area contributed by atoms with Crippen LogP contribution in [0.1, 0.15) is 115 Å². The van der Waals surface area contributed by atoms with Gasteiger partial charge in [-0.25, -0.2) is 4.98 Å². The fourth-order valence-corrected chi connectivity index (χ4v) is 9.40. The summed E-state index contributed by atoms with van der Waals surface area (Å²) in [6, 6.07) is 23.7. The largest absolute Gasteiger partial charge is 0.494 e. The van der Waals surface area contributed by atoms with Crippen LogP contribution in [-0.2, 0) is 47.2 Å². The van der Waals surface area contributed by atoms with Crippen LogP contribution in [0.25, 0.3) is 11.4 Å². The van der Waals surface area contributed by atoms with Gasteiger partial charge in [0.05, 0.1) is 38.6 Å². The summed E-state index contributed by atoms with van der Waals surface area (Å²) in [4.78, 5) is 73.6. The van der Waals surface area contributed by atoms with E-state index in [0.717, 1.165) is 92.8 Å². The van der Waals surface area contributed by atoms with E-state index >= 15 is 0 Å². The lowest BCUT2D eigenvalue weighted by Crippen LogP contribution is -2.52. The number of rotatable bonds is 29. The maximum absolute atomic E-state index is 13.4. The lowest BCUT2D eigenvalue weighted by Gasteiger charge is -2.37. The number of nitrogens with one attached hydrogen (secondary N) is 6. The molecule has 2 saturated heterocycles. The van der Waals surface area contributed by atoms with E-state index in [2.05, 4.69) is 41.8 Å². The Hall–Kier alpha value is -7.06. The predicted octanol–water partition coefficient (Wildman–Crippen LogP) is 6.44. The molecule has 0 aliphatic carbocycles. The molecule has 0 radical (unpaired) electrons. The number of carbonyl (C=O) groups excluding carboxylic acids is 5. The summed E-state index contributed by atoms with van der Waals surface area (Å²) in [5.74, 6) is 0.789. The highest BCUT2D eigenvalue weighted by Crippen LogP contribution is 2.35. The summed E-state index contributed by atoms with van der Waals surface area (Å²) in [6.07, 6.45) is 12.2. The van der Waals surface area contributed by atoms with Crippen molar-refractivity contribution in [2.24, 2.45) is 0 Å². The van der Waals surface area contributed by atoms with Crippen LogP contribution in [0.3, 0.4) is 0 Å². The standard InChI is InChI=1S/C55H68N10O9/c66-48(59-46-16-10-15-44-45(46)38-65(53(44)70)47-18-19-49(67)60-52(47)69)17-4-3-6-29-72-32-34-73-33-31-71-28-5-1-2-7-30-74-43-14-8-11-39(35-43)37-58-51(68)41-12-9-13-42(36-41)62-55(22-26-57-27-23-55)54-61-50(63-64-54)40-20-24-56-25-21-40/h8-16,20-21,24-25,35-36,47,57,62H,1-7,17-19,22-23,26-34,37-38H2,(H,58,68)(H,59,66)(H,60,67,69)(H,61,63,64). The lowest BCUT2D eigenvalue weighted by atomic mass is 9.87. The number of ether oxygens (including phenoxy) is 4. The highest BCUT2D eigenvalue weighted by atomic mass is 16.5. The molecule has 19 nitrogen and oxygen atoms in total. The van der Waals surface area contributed by atoms with Crippen LogP contribution >= 0.6 is 0 Å². The molecule has 2 aromatic heterocycles. The zero-order valence-electron chi connectivity index (χ0n) is 42.0. The van der Waals surface area contributed by atoms with Crippen molar-refractivity contribution in [3.05, 3.63) is 119 Å². The molecule has 392 valence electrons. The van der Waals surface area contributed by atoms with Crippen molar-refractivity contribution in [1.29, 1.82) is 0 Å². The van der Waals surface area contributed by atoms with Crippen LogP contribution in [0, 0.1) is 0 Å². The summed E-state index contributed by atoms with van der Waals surface area (Å²) in [7, 11) is 0. The molecule has 19 heteroatoms. The van der Waals surface area contributed by atoms with Crippen LogP contribution in [0.15, 0.2) is 91.3 Å². The summed E-state index contributed by atoms with van der Waals surface area (Å²) in [6.45, 7) is 6.11. The van der Waals surface area contributed by atoms with Gasteiger partial charge >= 0.3 is 0 Å². The van der Waals surface area contributed by atoms with E-state index in [1.165, 1.54) is 4.90 Å². The molecule has 8 rings (SSSR count). The second-order valence-electron chi connectivity index (χ2n) is 18.8. The molecule has 5 heterocycles. The number of hydrogen-bond donors (Lipinski definition) is 6. The first-order valence-corrected chi connectivity index (χ1v) is 26.0. The van der Waals surface area contributed by atoms with Crippen molar-refractivity contribution in [2.45, 2.75) is 102 Å². The van der Waals surface area contributed by atoms with Gasteiger partial charge in [-0.2, -0.15) is 5.10 Å². The first-order valence-electron chi connectivity index (χ1n) is 26.0. The SMILES string of the molecule is O=C1CCC(N2Cc3c(NC(=O)CCCCCOCCOCCOCCCCCCOc4cccc(CNC(=O)c5cccc(NC6(c7nc(-c8ccncc8)n[nH]7)CCNCC6)c5)c4)cccc3C2=O)C(=O)N1. The second-order valence-corrected chi connectivity index (χ2v) is 18.8. The van der Waals surface area contributed by atoms with Crippen molar-refractivity contribution in [3.63, 3.8) is 0 Å². The minimum Gasteiger partial charge on any atom is -0.494 e. The normalized spacial score (nSPS) is 16.1. The fraction of sp³-hybridized carbons (Fsp3) is 0.455. The predicted molar refractivity (Wildman–Crippen MR) is 277 cm³/mol. The van der Waals surface area contributed by atoms with Crippen molar-refractivity contribution < 1.29 is 42.9 Å². The summed E-state index contributed by atoms with van der Waals surface area (Å²) in [5.41, 5.74) is 4.48. The third-order valence-electron chi connectivity index (χ3n) is 13.4. The number of amides is 5. The number of unbranched alkanes of at least 4 members (excludes halogenated alkanes) is 5. The number of H-pyrrole nitrogens is 1. The Labute approximate surface area is 431 Å². The van der Waals surface area contributed by atoms with E-state index in [4.69, 9.17) is 23.9 Å². The van der Waals surface area contributed by atoms with Gasteiger partial charge in [0.15, 0.2) is 11.6 Å². The van der Waals surface area contributed by atoms with Crippen LogP contribution in [-0.4, -0.2) is 120 Å². The van der Waals surface area contributed by atoms with E-state index < -0.39 is 17.5 Å². The molecule has 5 amide bonds. The Morgan fingerprint density at radius 1 is 0.770 bits per heavy atom. The summed E-state index contributed by atoms with van der Waals surface area (Å²) >= 11 is 0. The molecule has 0 spiro atoms. The molecule has 1 unspecified atom stereocenters. The Balaban J connectivity index is 0.612. The van der Waals surface area contributed by atoms with Crippen LogP contribution in [0.2, 0.25) is 0 Å². The molecule has 74 heavy (non-hydrogen) atoms. The van der Waals surface area contributed by atoms with Gasteiger partial charge in [0.2, 0.25) is 17.7 Å². The van der Waals surface area contributed by atoms with Crippen molar-refractivity contribution in [2.75, 3.05) is 70.0 Å².